The molecule has 0 aliphatic heterocycles. The van der Waals surface area contributed by atoms with Gasteiger partial charge in [-0.3, -0.25) is 0 Å². The summed E-state index contributed by atoms with van der Waals surface area (Å²) in [5.41, 5.74) is 0.583. The summed E-state index contributed by atoms with van der Waals surface area (Å²) < 4.78 is 10.8. The smallest absolute Gasteiger partial charge is 0.338 e. The van der Waals surface area contributed by atoms with E-state index in [4.69, 9.17) is 9.47 Å². The fourth-order valence-electron chi connectivity index (χ4n) is 3.69. The number of hydrogen-bond donors (Lipinski definition) is 0. The first-order valence-electron chi connectivity index (χ1n) is 7.66. The molecule has 0 aromatic heterocycles. The molecule has 2 saturated carbocycles. The molecule has 0 saturated heterocycles. The summed E-state index contributed by atoms with van der Waals surface area (Å²) in [7, 11) is 0. The van der Waals surface area contributed by atoms with Crippen LogP contribution in [0, 0.1) is 17.8 Å². The Hall–Kier alpha value is -1.51. The molecule has 3 atom stereocenters. The minimum atomic E-state index is -0.271. The average Bonchev–Trinajstić information content (AvgIpc) is 3.08. The lowest BCUT2D eigenvalue weighted by Crippen LogP contribution is -2.18. The van der Waals surface area contributed by atoms with E-state index in [1.165, 1.54) is 25.7 Å². The summed E-state index contributed by atoms with van der Waals surface area (Å²) in [6, 6.07) is 7.27. The minimum absolute atomic E-state index is 0.271. The van der Waals surface area contributed by atoms with Gasteiger partial charge in [-0.2, -0.15) is 0 Å². The normalized spacial score (nSPS) is 27.6. The number of ether oxygens (including phenoxy) is 2. The van der Waals surface area contributed by atoms with Crippen LogP contribution in [-0.4, -0.2) is 19.2 Å². The van der Waals surface area contributed by atoms with E-state index in [0.29, 0.717) is 12.2 Å². The van der Waals surface area contributed by atoms with Crippen molar-refractivity contribution < 1.29 is 14.3 Å². The van der Waals surface area contributed by atoms with Gasteiger partial charge < -0.3 is 9.47 Å². The van der Waals surface area contributed by atoms with Crippen LogP contribution in [0.3, 0.4) is 0 Å². The number of benzene rings is 1. The molecule has 0 amide bonds. The van der Waals surface area contributed by atoms with Gasteiger partial charge in [-0.15, -0.1) is 0 Å². The number of hydrogen-bond acceptors (Lipinski definition) is 3. The van der Waals surface area contributed by atoms with Gasteiger partial charge in [0.2, 0.25) is 0 Å². The Morgan fingerprint density at radius 1 is 1.20 bits per heavy atom. The third-order valence-corrected chi connectivity index (χ3v) is 4.71. The molecule has 1 aromatic rings. The van der Waals surface area contributed by atoms with E-state index < -0.39 is 0 Å². The summed E-state index contributed by atoms with van der Waals surface area (Å²) in [6.45, 7) is 3.03. The predicted molar refractivity (Wildman–Crippen MR) is 76.8 cm³/mol. The van der Waals surface area contributed by atoms with Crippen molar-refractivity contribution in [2.24, 2.45) is 17.8 Å². The molecule has 3 unspecified atom stereocenters. The van der Waals surface area contributed by atoms with Crippen molar-refractivity contribution in [3.05, 3.63) is 29.8 Å². The summed E-state index contributed by atoms with van der Waals surface area (Å²) in [6.07, 6.45) is 5.57. The van der Waals surface area contributed by atoms with Crippen molar-refractivity contribution in [3.8, 4) is 5.75 Å². The Bertz CT molecular complexity index is 466. The molecule has 2 aliphatic carbocycles. The third kappa shape index (κ3) is 2.82. The van der Waals surface area contributed by atoms with E-state index in [2.05, 4.69) is 0 Å². The van der Waals surface area contributed by atoms with Crippen LogP contribution in [0.4, 0.5) is 0 Å². The molecule has 20 heavy (non-hydrogen) atoms. The maximum Gasteiger partial charge on any atom is 0.338 e. The van der Waals surface area contributed by atoms with Crippen molar-refractivity contribution in [3.63, 3.8) is 0 Å². The summed E-state index contributed by atoms with van der Waals surface area (Å²) in [5.74, 6) is 3.16. The van der Waals surface area contributed by atoms with Crippen LogP contribution in [0.15, 0.2) is 24.3 Å². The van der Waals surface area contributed by atoms with E-state index in [0.717, 1.165) is 30.1 Å². The highest BCUT2D eigenvalue weighted by Crippen LogP contribution is 2.48. The van der Waals surface area contributed by atoms with Crippen LogP contribution in [0.5, 0.6) is 5.75 Å². The number of rotatable bonds is 5. The van der Waals surface area contributed by atoms with Gasteiger partial charge in [-0.1, -0.05) is 6.42 Å². The van der Waals surface area contributed by atoms with Crippen molar-refractivity contribution in [1.82, 2.24) is 0 Å². The standard InChI is InChI=1S/C17H22O3/c1-2-19-17(18)13-5-7-16(8-6-13)20-11-15-10-12-3-4-14(15)9-12/h5-8,12,14-15H,2-4,9-11H2,1H3. The average molecular weight is 274 g/mol. The SMILES string of the molecule is CCOC(=O)c1ccc(OCC2CC3CCC2C3)cc1. The van der Waals surface area contributed by atoms with Gasteiger partial charge in [0.1, 0.15) is 5.75 Å². The Labute approximate surface area is 120 Å². The zero-order valence-corrected chi connectivity index (χ0v) is 12.0. The fraction of sp³-hybridized carbons (Fsp3) is 0.588. The second kappa shape index (κ2) is 5.86. The molecule has 3 rings (SSSR count). The van der Waals surface area contributed by atoms with Crippen molar-refractivity contribution in [2.45, 2.75) is 32.6 Å². The van der Waals surface area contributed by atoms with Gasteiger partial charge in [0, 0.05) is 0 Å². The molecule has 0 N–H and O–H groups in total. The quantitative estimate of drug-likeness (QED) is 0.768. The molecular weight excluding hydrogens is 252 g/mol. The van der Waals surface area contributed by atoms with E-state index in [1.807, 2.05) is 19.1 Å². The largest absolute Gasteiger partial charge is 0.493 e. The number of esters is 1. The van der Waals surface area contributed by atoms with E-state index in [-0.39, 0.29) is 5.97 Å². The fourth-order valence-corrected chi connectivity index (χ4v) is 3.69. The molecule has 0 spiro atoms. The zero-order valence-electron chi connectivity index (χ0n) is 12.0. The molecular formula is C17H22O3. The molecule has 0 radical (unpaired) electrons. The van der Waals surface area contributed by atoms with Crippen LogP contribution in [0.2, 0.25) is 0 Å². The van der Waals surface area contributed by atoms with Gasteiger partial charge in [0.15, 0.2) is 0 Å². The first-order chi connectivity index (χ1) is 9.76. The van der Waals surface area contributed by atoms with E-state index >= 15 is 0 Å². The zero-order chi connectivity index (χ0) is 13.9. The van der Waals surface area contributed by atoms with Crippen LogP contribution in [-0.2, 0) is 4.74 Å². The molecule has 3 heteroatoms. The Balaban J connectivity index is 1.52. The van der Waals surface area contributed by atoms with Gasteiger partial charge >= 0.3 is 5.97 Å². The summed E-state index contributed by atoms with van der Waals surface area (Å²) in [5, 5.41) is 0. The first-order valence-corrected chi connectivity index (χ1v) is 7.66. The van der Waals surface area contributed by atoms with Gasteiger partial charge in [0.25, 0.3) is 0 Å². The molecule has 108 valence electrons. The molecule has 2 bridgehead atoms. The van der Waals surface area contributed by atoms with Crippen LogP contribution < -0.4 is 4.74 Å². The molecule has 2 aliphatic rings. The highest BCUT2D eigenvalue weighted by atomic mass is 16.5. The Kier molecular flexibility index (Phi) is 3.95. The van der Waals surface area contributed by atoms with Crippen LogP contribution in [0.1, 0.15) is 43.0 Å². The second-order valence-corrected chi connectivity index (χ2v) is 5.99. The van der Waals surface area contributed by atoms with Crippen molar-refractivity contribution >= 4 is 5.97 Å². The highest BCUT2D eigenvalue weighted by molar-refractivity contribution is 5.89. The maximum absolute atomic E-state index is 11.5. The van der Waals surface area contributed by atoms with Gasteiger partial charge in [-0.25, -0.2) is 4.79 Å². The summed E-state index contributed by atoms with van der Waals surface area (Å²) in [4.78, 5) is 11.5. The topological polar surface area (TPSA) is 35.5 Å². The molecule has 3 nitrogen and oxygen atoms in total. The van der Waals surface area contributed by atoms with Gasteiger partial charge in [-0.05, 0) is 68.2 Å². The Morgan fingerprint density at radius 3 is 2.60 bits per heavy atom. The Morgan fingerprint density at radius 2 is 2.00 bits per heavy atom. The number of fused-ring (bicyclic) bond motifs is 2. The molecule has 2 fully saturated rings. The summed E-state index contributed by atoms with van der Waals surface area (Å²) >= 11 is 0. The number of carbonyl (C=O) groups excluding carboxylic acids is 1. The van der Waals surface area contributed by atoms with Crippen LogP contribution in [0.25, 0.3) is 0 Å². The van der Waals surface area contributed by atoms with E-state index in [9.17, 15) is 4.79 Å². The first kappa shape index (κ1) is 13.5. The highest BCUT2D eigenvalue weighted by Gasteiger charge is 2.39. The van der Waals surface area contributed by atoms with Crippen molar-refractivity contribution in [1.29, 1.82) is 0 Å². The number of carbonyl (C=O) groups is 1. The lowest BCUT2D eigenvalue weighted by molar-refractivity contribution is 0.0526. The van der Waals surface area contributed by atoms with E-state index in [1.54, 1.807) is 12.1 Å². The van der Waals surface area contributed by atoms with Gasteiger partial charge in [0.05, 0.1) is 18.8 Å². The maximum atomic E-state index is 11.5. The predicted octanol–water partition coefficient (Wildman–Crippen LogP) is 3.68. The van der Waals surface area contributed by atoms with Crippen LogP contribution >= 0.6 is 0 Å². The minimum Gasteiger partial charge on any atom is -0.493 e. The molecule has 1 aromatic carbocycles. The monoisotopic (exact) mass is 274 g/mol. The van der Waals surface area contributed by atoms with Crippen molar-refractivity contribution in [2.75, 3.05) is 13.2 Å². The second-order valence-electron chi connectivity index (χ2n) is 5.99. The third-order valence-electron chi connectivity index (χ3n) is 4.71. The lowest BCUT2D eigenvalue weighted by Gasteiger charge is -2.21. The lowest BCUT2D eigenvalue weighted by atomic mass is 9.89. The molecule has 0 heterocycles.